The maximum Gasteiger partial charge on any atom is 0.341 e. The Bertz CT molecular complexity index is 411. The number of hydrogen-bond donors (Lipinski definition) is 4. The number of rotatable bonds is 8. The van der Waals surface area contributed by atoms with Crippen LogP contribution in [0, 0.1) is 0 Å². The quantitative estimate of drug-likeness (QED) is 0.518. The van der Waals surface area contributed by atoms with E-state index in [0.29, 0.717) is 18.7 Å². The first-order valence-electron chi connectivity index (χ1n) is 6.55. The summed E-state index contributed by atoms with van der Waals surface area (Å²) in [6.45, 7) is 0.316. The number of aliphatic carboxylic acids is 2. The Labute approximate surface area is 123 Å². The largest absolute Gasteiger partial charge is 0.482 e. The van der Waals surface area contributed by atoms with Gasteiger partial charge in [-0.3, -0.25) is 4.79 Å². The van der Waals surface area contributed by atoms with Crippen molar-refractivity contribution < 1.29 is 24.5 Å². The molecule has 1 aromatic carbocycles. The molecule has 1 rings (SSSR count). The van der Waals surface area contributed by atoms with Crippen LogP contribution in [0.5, 0.6) is 5.75 Å². The van der Waals surface area contributed by atoms with E-state index in [1.54, 1.807) is 24.3 Å². The van der Waals surface area contributed by atoms with Gasteiger partial charge in [-0.2, -0.15) is 0 Å². The number of ether oxygens (including phenoxy) is 1. The summed E-state index contributed by atoms with van der Waals surface area (Å²) in [6.07, 6.45) is 2.16. The van der Waals surface area contributed by atoms with E-state index in [-0.39, 0.29) is 6.61 Å². The monoisotopic (exact) mass is 298 g/mol. The third-order valence-electron chi connectivity index (χ3n) is 2.39. The minimum atomic E-state index is -0.964. The summed E-state index contributed by atoms with van der Waals surface area (Å²) in [6, 6.07) is 8.12. The number of para-hydroxylation sites is 1. The zero-order valence-electron chi connectivity index (χ0n) is 11.8. The van der Waals surface area contributed by atoms with Crippen LogP contribution in [0.4, 0.5) is 0 Å². The highest BCUT2D eigenvalue weighted by Crippen LogP contribution is 2.07. The molecule has 0 fully saturated rings. The Balaban J connectivity index is 0.000000384. The topological polar surface area (TPSA) is 136 Å². The summed E-state index contributed by atoms with van der Waals surface area (Å²) in [5.41, 5.74) is 10.4. The first-order chi connectivity index (χ1) is 9.97. The maximum absolute atomic E-state index is 10.1. The second-order valence-electron chi connectivity index (χ2n) is 4.22. The lowest BCUT2D eigenvalue weighted by atomic mass is 10.1. The smallest absolute Gasteiger partial charge is 0.341 e. The summed E-state index contributed by atoms with van der Waals surface area (Å²) >= 11 is 0. The Hall–Kier alpha value is -2.12. The summed E-state index contributed by atoms with van der Waals surface area (Å²) in [5.74, 6) is -1.32. The highest BCUT2D eigenvalue weighted by Gasteiger charge is 2.09. The molecular formula is C14H22N2O5. The van der Waals surface area contributed by atoms with Gasteiger partial charge >= 0.3 is 11.9 Å². The van der Waals surface area contributed by atoms with E-state index in [9.17, 15) is 9.59 Å². The van der Waals surface area contributed by atoms with Crippen LogP contribution in [0.15, 0.2) is 30.3 Å². The molecule has 0 aliphatic carbocycles. The molecule has 6 N–H and O–H groups in total. The Morgan fingerprint density at radius 1 is 1.14 bits per heavy atom. The number of unbranched alkanes of at least 4 members (excludes halogenated alkanes) is 1. The van der Waals surface area contributed by atoms with Crippen LogP contribution < -0.4 is 16.2 Å². The Morgan fingerprint density at radius 2 is 1.76 bits per heavy atom. The third kappa shape index (κ3) is 11.4. The molecule has 0 amide bonds. The van der Waals surface area contributed by atoms with Crippen molar-refractivity contribution in [2.24, 2.45) is 11.5 Å². The molecule has 0 saturated carbocycles. The minimum absolute atomic E-state index is 0.288. The van der Waals surface area contributed by atoms with E-state index in [1.807, 2.05) is 6.07 Å². The lowest BCUT2D eigenvalue weighted by molar-refractivity contribution is -0.140. The maximum atomic E-state index is 10.1. The van der Waals surface area contributed by atoms with Gasteiger partial charge in [-0.15, -0.1) is 0 Å². The lowest BCUT2D eigenvalue weighted by Gasteiger charge is -2.03. The summed E-state index contributed by atoms with van der Waals surface area (Å²) in [4.78, 5) is 20.2. The van der Waals surface area contributed by atoms with Crippen molar-refractivity contribution in [3.63, 3.8) is 0 Å². The second kappa shape index (κ2) is 11.7. The number of carbonyl (C=O) groups is 2. The van der Waals surface area contributed by atoms with Crippen molar-refractivity contribution in [3.05, 3.63) is 30.3 Å². The van der Waals surface area contributed by atoms with Crippen molar-refractivity contribution in [3.8, 4) is 5.75 Å². The molecule has 118 valence electrons. The van der Waals surface area contributed by atoms with Gasteiger partial charge in [0.05, 0.1) is 0 Å². The SMILES string of the molecule is NCCCC[C@@H](N)C(=O)O.O=C(O)COc1ccccc1. The first kappa shape index (κ1) is 18.9. The molecule has 0 saturated heterocycles. The number of carboxylic acid groups (broad SMARTS) is 2. The van der Waals surface area contributed by atoms with Crippen LogP contribution in [0.25, 0.3) is 0 Å². The molecule has 0 aliphatic rings. The van der Waals surface area contributed by atoms with Crippen molar-refractivity contribution in [2.45, 2.75) is 25.3 Å². The molecule has 0 aliphatic heterocycles. The first-order valence-corrected chi connectivity index (χ1v) is 6.55. The van der Waals surface area contributed by atoms with Crippen LogP contribution in [0.2, 0.25) is 0 Å². The highest BCUT2D eigenvalue weighted by molar-refractivity contribution is 5.72. The minimum Gasteiger partial charge on any atom is -0.482 e. The van der Waals surface area contributed by atoms with E-state index in [1.165, 1.54) is 0 Å². The Kier molecular flexibility index (Phi) is 10.5. The van der Waals surface area contributed by atoms with Crippen molar-refractivity contribution in [1.29, 1.82) is 0 Å². The normalized spacial score (nSPS) is 11.0. The van der Waals surface area contributed by atoms with Crippen LogP contribution >= 0.6 is 0 Å². The number of hydrogen-bond acceptors (Lipinski definition) is 5. The summed E-state index contributed by atoms with van der Waals surface area (Å²) in [7, 11) is 0. The molecule has 0 spiro atoms. The molecular weight excluding hydrogens is 276 g/mol. The molecule has 21 heavy (non-hydrogen) atoms. The van der Waals surface area contributed by atoms with Gasteiger partial charge in [0.15, 0.2) is 6.61 Å². The Morgan fingerprint density at radius 3 is 2.24 bits per heavy atom. The van der Waals surface area contributed by atoms with Crippen molar-refractivity contribution in [2.75, 3.05) is 13.2 Å². The number of benzene rings is 1. The second-order valence-corrected chi connectivity index (χ2v) is 4.22. The van der Waals surface area contributed by atoms with Gasteiger partial charge in [-0.1, -0.05) is 24.6 Å². The average molecular weight is 298 g/mol. The molecule has 0 bridgehead atoms. The highest BCUT2D eigenvalue weighted by atomic mass is 16.5. The van der Waals surface area contributed by atoms with Crippen LogP contribution in [0.3, 0.4) is 0 Å². The fraction of sp³-hybridized carbons (Fsp3) is 0.429. The molecule has 0 radical (unpaired) electrons. The lowest BCUT2D eigenvalue weighted by Crippen LogP contribution is -2.29. The standard InChI is InChI=1S/C8H8O3.C6H14N2O2/c9-8(10)6-11-7-4-2-1-3-5-7;7-4-2-1-3-5(8)6(9)10/h1-5H,6H2,(H,9,10);5H,1-4,7-8H2,(H,9,10)/t;5-/m.1/s1. The van der Waals surface area contributed by atoms with Crippen molar-refractivity contribution in [1.82, 2.24) is 0 Å². The van der Waals surface area contributed by atoms with Gasteiger partial charge in [-0.05, 0) is 31.5 Å². The van der Waals surface area contributed by atoms with Crippen LogP contribution in [-0.4, -0.2) is 41.3 Å². The van der Waals surface area contributed by atoms with E-state index in [0.717, 1.165) is 12.8 Å². The van der Waals surface area contributed by atoms with E-state index in [2.05, 4.69) is 0 Å². The molecule has 0 heterocycles. The summed E-state index contributed by atoms with van der Waals surface area (Å²) in [5, 5.41) is 16.6. The molecule has 1 aromatic rings. The fourth-order valence-corrected chi connectivity index (χ4v) is 1.29. The summed E-state index contributed by atoms with van der Waals surface area (Å²) < 4.78 is 4.87. The number of carboxylic acids is 2. The van der Waals surface area contributed by atoms with Gasteiger partial charge < -0.3 is 26.4 Å². The molecule has 7 nitrogen and oxygen atoms in total. The van der Waals surface area contributed by atoms with E-state index >= 15 is 0 Å². The zero-order chi connectivity index (χ0) is 16.1. The predicted molar refractivity (Wildman–Crippen MR) is 78.1 cm³/mol. The van der Waals surface area contributed by atoms with Gasteiger partial charge in [0.1, 0.15) is 11.8 Å². The van der Waals surface area contributed by atoms with E-state index in [4.69, 9.17) is 26.4 Å². The fourth-order valence-electron chi connectivity index (χ4n) is 1.29. The number of nitrogens with two attached hydrogens (primary N) is 2. The predicted octanol–water partition coefficient (Wildman–Crippen LogP) is 0.677. The van der Waals surface area contributed by atoms with Gasteiger partial charge in [0.2, 0.25) is 0 Å². The average Bonchev–Trinajstić information content (AvgIpc) is 2.47. The van der Waals surface area contributed by atoms with Crippen molar-refractivity contribution >= 4 is 11.9 Å². The zero-order valence-corrected chi connectivity index (χ0v) is 11.8. The van der Waals surface area contributed by atoms with Gasteiger partial charge in [-0.25, -0.2) is 4.79 Å². The molecule has 0 unspecified atom stereocenters. The molecule has 0 aromatic heterocycles. The molecule has 1 atom stereocenters. The van der Waals surface area contributed by atoms with Crippen LogP contribution in [0.1, 0.15) is 19.3 Å². The van der Waals surface area contributed by atoms with Crippen LogP contribution in [-0.2, 0) is 9.59 Å². The van der Waals surface area contributed by atoms with Gasteiger partial charge in [0, 0.05) is 0 Å². The molecule has 7 heteroatoms. The third-order valence-corrected chi connectivity index (χ3v) is 2.39. The van der Waals surface area contributed by atoms with Gasteiger partial charge in [0.25, 0.3) is 0 Å². The van der Waals surface area contributed by atoms with E-state index < -0.39 is 18.0 Å².